The number of aryl methyl sites for hydroxylation is 1. The highest BCUT2D eigenvalue weighted by Gasteiger charge is 2.23. The molecule has 0 spiro atoms. The zero-order valence-corrected chi connectivity index (χ0v) is 11.6. The van der Waals surface area contributed by atoms with Crippen molar-refractivity contribution >= 4 is 28.7 Å². The van der Waals surface area contributed by atoms with Gasteiger partial charge in [-0.1, -0.05) is 12.1 Å². The molecular weight excluding hydrogens is 250 g/mol. The first-order chi connectivity index (χ1) is 9.56. The van der Waals surface area contributed by atoms with E-state index in [-0.39, 0.29) is 5.91 Å². The molecule has 0 saturated heterocycles. The predicted octanol–water partition coefficient (Wildman–Crippen LogP) is 2.84. The number of hydrogen-bond acceptors (Lipinski definition) is 3. The standard InChI is InChI=1S/C16H17N3O/c1-10-4-3-5-13(17)16(10)18-12-6-7-14-11(8-12)9-15(20)19(14)2/h3-8,18H,9,17H2,1-2H3. The molecule has 0 aliphatic carbocycles. The molecule has 1 heterocycles. The van der Waals surface area contributed by atoms with E-state index in [4.69, 9.17) is 5.73 Å². The van der Waals surface area contributed by atoms with Crippen molar-refractivity contribution in [1.29, 1.82) is 0 Å². The lowest BCUT2D eigenvalue weighted by Gasteiger charge is -2.14. The van der Waals surface area contributed by atoms with Crippen LogP contribution in [-0.4, -0.2) is 13.0 Å². The van der Waals surface area contributed by atoms with E-state index in [9.17, 15) is 4.79 Å². The van der Waals surface area contributed by atoms with E-state index in [1.54, 1.807) is 11.9 Å². The Balaban J connectivity index is 1.94. The van der Waals surface area contributed by atoms with Crippen LogP contribution >= 0.6 is 0 Å². The third kappa shape index (κ3) is 1.99. The van der Waals surface area contributed by atoms with Gasteiger partial charge in [-0.2, -0.15) is 0 Å². The van der Waals surface area contributed by atoms with Crippen LogP contribution in [-0.2, 0) is 11.2 Å². The number of rotatable bonds is 2. The molecule has 2 aromatic carbocycles. The molecule has 0 bridgehead atoms. The Bertz CT molecular complexity index is 674. The van der Waals surface area contributed by atoms with Crippen molar-refractivity contribution in [1.82, 2.24) is 0 Å². The molecule has 0 aromatic heterocycles. The summed E-state index contributed by atoms with van der Waals surface area (Å²) in [5, 5.41) is 3.35. The molecule has 1 aliphatic heterocycles. The maximum Gasteiger partial charge on any atom is 0.231 e. The monoisotopic (exact) mass is 267 g/mol. The molecule has 20 heavy (non-hydrogen) atoms. The van der Waals surface area contributed by atoms with Gasteiger partial charge in [-0.3, -0.25) is 4.79 Å². The van der Waals surface area contributed by atoms with Crippen LogP contribution in [0.1, 0.15) is 11.1 Å². The number of carbonyl (C=O) groups is 1. The zero-order valence-electron chi connectivity index (χ0n) is 11.6. The Morgan fingerprint density at radius 3 is 2.80 bits per heavy atom. The number of likely N-dealkylation sites (N-methyl/N-ethyl adjacent to an activating group) is 1. The highest BCUT2D eigenvalue weighted by molar-refractivity contribution is 6.01. The SMILES string of the molecule is Cc1cccc(N)c1Nc1ccc2c(c1)CC(=O)N2C. The first-order valence-electron chi connectivity index (χ1n) is 6.58. The molecule has 0 atom stereocenters. The van der Waals surface area contributed by atoms with Crippen LogP contribution in [0.3, 0.4) is 0 Å². The summed E-state index contributed by atoms with van der Waals surface area (Å²) in [4.78, 5) is 13.4. The van der Waals surface area contributed by atoms with Gasteiger partial charge in [-0.25, -0.2) is 0 Å². The summed E-state index contributed by atoms with van der Waals surface area (Å²) in [5.41, 5.74) is 11.7. The van der Waals surface area contributed by atoms with E-state index in [1.807, 2.05) is 43.3 Å². The number of hydrogen-bond donors (Lipinski definition) is 2. The normalized spacial score (nSPS) is 13.5. The summed E-state index contributed by atoms with van der Waals surface area (Å²) in [7, 11) is 1.81. The molecule has 0 radical (unpaired) electrons. The van der Waals surface area contributed by atoms with E-state index in [0.717, 1.165) is 33.9 Å². The molecule has 0 fully saturated rings. The largest absolute Gasteiger partial charge is 0.397 e. The van der Waals surface area contributed by atoms with Crippen LogP contribution in [0.5, 0.6) is 0 Å². The smallest absolute Gasteiger partial charge is 0.231 e. The summed E-state index contributed by atoms with van der Waals surface area (Å²) in [6.45, 7) is 2.02. The Morgan fingerprint density at radius 1 is 1.25 bits per heavy atom. The number of nitrogens with one attached hydrogen (secondary N) is 1. The van der Waals surface area contributed by atoms with Gasteiger partial charge in [0.25, 0.3) is 0 Å². The first-order valence-corrected chi connectivity index (χ1v) is 6.58. The van der Waals surface area contributed by atoms with Crippen molar-refractivity contribution in [3.05, 3.63) is 47.5 Å². The van der Waals surface area contributed by atoms with Gasteiger partial charge in [-0.05, 0) is 42.3 Å². The van der Waals surface area contributed by atoms with Gasteiger partial charge < -0.3 is 16.0 Å². The lowest BCUT2D eigenvalue weighted by molar-refractivity contribution is -0.117. The molecule has 3 N–H and O–H groups in total. The highest BCUT2D eigenvalue weighted by atomic mass is 16.2. The fourth-order valence-electron chi connectivity index (χ4n) is 2.55. The van der Waals surface area contributed by atoms with E-state index < -0.39 is 0 Å². The van der Waals surface area contributed by atoms with Gasteiger partial charge in [0.15, 0.2) is 0 Å². The van der Waals surface area contributed by atoms with Crippen LogP contribution in [0.2, 0.25) is 0 Å². The lowest BCUT2D eigenvalue weighted by Crippen LogP contribution is -2.20. The summed E-state index contributed by atoms with van der Waals surface area (Å²) in [5.74, 6) is 0.132. The topological polar surface area (TPSA) is 58.4 Å². The number of fused-ring (bicyclic) bond motifs is 1. The number of carbonyl (C=O) groups excluding carboxylic acids is 1. The molecule has 4 nitrogen and oxygen atoms in total. The third-order valence-corrected chi connectivity index (χ3v) is 3.73. The van der Waals surface area contributed by atoms with Gasteiger partial charge in [0, 0.05) is 18.4 Å². The van der Waals surface area contributed by atoms with E-state index in [1.165, 1.54) is 0 Å². The van der Waals surface area contributed by atoms with Crippen LogP contribution in [0.15, 0.2) is 36.4 Å². The fourth-order valence-corrected chi connectivity index (χ4v) is 2.55. The molecule has 1 aliphatic rings. The third-order valence-electron chi connectivity index (χ3n) is 3.73. The van der Waals surface area contributed by atoms with Crippen LogP contribution in [0.25, 0.3) is 0 Å². The number of nitrogens with two attached hydrogens (primary N) is 1. The lowest BCUT2D eigenvalue weighted by atomic mass is 10.1. The van der Waals surface area contributed by atoms with Crippen molar-refractivity contribution < 1.29 is 4.79 Å². The highest BCUT2D eigenvalue weighted by Crippen LogP contribution is 2.32. The fraction of sp³-hybridized carbons (Fsp3) is 0.188. The number of amides is 1. The van der Waals surface area contributed by atoms with Gasteiger partial charge in [0.2, 0.25) is 5.91 Å². The van der Waals surface area contributed by atoms with Crippen LogP contribution in [0, 0.1) is 6.92 Å². The summed E-state index contributed by atoms with van der Waals surface area (Å²) >= 11 is 0. The number of nitrogen functional groups attached to an aromatic ring is 1. The number of benzene rings is 2. The van der Waals surface area contributed by atoms with Crippen molar-refractivity contribution in [2.75, 3.05) is 23.0 Å². The Labute approximate surface area is 118 Å². The zero-order chi connectivity index (χ0) is 14.3. The number of nitrogens with zero attached hydrogens (tertiary/aromatic N) is 1. The van der Waals surface area contributed by atoms with E-state index >= 15 is 0 Å². The van der Waals surface area contributed by atoms with Crippen molar-refractivity contribution in [2.45, 2.75) is 13.3 Å². The summed E-state index contributed by atoms with van der Waals surface area (Å²) in [6.07, 6.45) is 0.463. The minimum Gasteiger partial charge on any atom is -0.397 e. The van der Waals surface area contributed by atoms with Crippen molar-refractivity contribution in [3.63, 3.8) is 0 Å². The van der Waals surface area contributed by atoms with Crippen LogP contribution < -0.4 is 16.0 Å². The van der Waals surface area contributed by atoms with Gasteiger partial charge in [0.1, 0.15) is 0 Å². The van der Waals surface area contributed by atoms with Gasteiger partial charge in [0.05, 0.1) is 17.8 Å². The molecule has 3 rings (SSSR count). The molecule has 0 unspecified atom stereocenters. The van der Waals surface area contributed by atoms with Gasteiger partial charge >= 0.3 is 0 Å². The second-order valence-electron chi connectivity index (χ2n) is 5.14. The maximum absolute atomic E-state index is 11.7. The average Bonchev–Trinajstić information content (AvgIpc) is 2.69. The number of para-hydroxylation sites is 1. The van der Waals surface area contributed by atoms with Crippen molar-refractivity contribution in [2.24, 2.45) is 0 Å². The Hall–Kier alpha value is -2.49. The summed E-state index contributed by atoms with van der Waals surface area (Å²) in [6, 6.07) is 11.8. The minimum atomic E-state index is 0.132. The van der Waals surface area contributed by atoms with Crippen molar-refractivity contribution in [3.8, 4) is 0 Å². The molecule has 4 heteroatoms. The maximum atomic E-state index is 11.7. The first kappa shape index (κ1) is 12.5. The average molecular weight is 267 g/mol. The quantitative estimate of drug-likeness (QED) is 0.823. The molecule has 102 valence electrons. The summed E-state index contributed by atoms with van der Waals surface area (Å²) < 4.78 is 0. The second kappa shape index (κ2) is 4.56. The van der Waals surface area contributed by atoms with Gasteiger partial charge in [-0.15, -0.1) is 0 Å². The molecule has 2 aromatic rings. The Morgan fingerprint density at radius 2 is 2.05 bits per heavy atom. The Kier molecular flexibility index (Phi) is 2.86. The number of anilines is 4. The molecule has 1 amide bonds. The van der Waals surface area contributed by atoms with E-state index in [0.29, 0.717) is 6.42 Å². The second-order valence-corrected chi connectivity index (χ2v) is 5.14. The minimum absolute atomic E-state index is 0.132. The van der Waals surface area contributed by atoms with E-state index in [2.05, 4.69) is 5.32 Å². The van der Waals surface area contributed by atoms with Crippen LogP contribution in [0.4, 0.5) is 22.7 Å². The predicted molar refractivity (Wildman–Crippen MR) is 82.4 cm³/mol. The molecule has 0 saturated carbocycles. The molecular formula is C16H17N3O.